The fourth-order valence-corrected chi connectivity index (χ4v) is 3.72. The van der Waals surface area contributed by atoms with Crippen molar-refractivity contribution in [1.29, 1.82) is 0 Å². The molecule has 2 aromatic carbocycles. The van der Waals surface area contributed by atoms with Gasteiger partial charge in [-0.1, -0.05) is 28.1 Å². The first-order valence-electron chi connectivity index (χ1n) is 9.29. The van der Waals surface area contributed by atoms with Crippen LogP contribution in [0, 0.1) is 5.82 Å². The largest absolute Gasteiger partial charge is 0.310 e. The third kappa shape index (κ3) is 4.31. The molecule has 150 valence electrons. The van der Waals surface area contributed by atoms with Crippen molar-refractivity contribution in [2.45, 2.75) is 6.42 Å². The van der Waals surface area contributed by atoms with E-state index in [2.05, 4.69) is 31.3 Å². The molecule has 4 aromatic rings. The third-order valence-corrected chi connectivity index (χ3v) is 5.14. The molecule has 0 spiro atoms. The molecule has 0 bridgehead atoms. The number of nitrogens with zero attached hydrogens (tertiary/aromatic N) is 3. The van der Waals surface area contributed by atoms with Crippen LogP contribution in [0.5, 0.6) is 0 Å². The SMILES string of the molecule is Cn1nc(-c2ccc(F)cc2)c(-c2ccncc2)c1NC(=O)Cc1cccc(Br)c1. The number of aryl methyl sites for hydroxylation is 1. The number of halogens is 2. The fourth-order valence-electron chi connectivity index (χ4n) is 3.28. The van der Waals surface area contributed by atoms with Crippen LogP contribution in [0.4, 0.5) is 10.2 Å². The Hall–Kier alpha value is -3.32. The molecule has 1 amide bonds. The lowest BCUT2D eigenvalue weighted by Crippen LogP contribution is -2.17. The van der Waals surface area contributed by atoms with Crippen molar-refractivity contribution in [3.8, 4) is 22.4 Å². The zero-order valence-corrected chi connectivity index (χ0v) is 17.7. The minimum Gasteiger partial charge on any atom is -0.310 e. The number of hydrogen-bond donors (Lipinski definition) is 1. The van der Waals surface area contributed by atoms with Crippen molar-refractivity contribution < 1.29 is 9.18 Å². The second kappa shape index (κ2) is 8.59. The minimum absolute atomic E-state index is 0.155. The molecule has 2 aromatic heterocycles. The van der Waals surface area contributed by atoms with Crippen LogP contribution >= 0.6 is 15.9 Å². The lowest BCUT2D eigenvalue weighted by atomic mass is 10.0. The van der Waals surface area contributed by atoms with Gasteiger partial charge in [-0.05, 0) is 59.7 Å². The Bertz CT molecular complexity index is 1190. The van der Waals surface area contributed by atoms with E-state index in [-0.39, 0.29) is 18.1 Å². The van der Waals surface area contributed by atoms with Crippen molar-refractivity contribution >= 4 is 27.7 Å². The van der Waals surface area contributed by atoms with E-state index < -0.39 is 0 Å². The minimum atomic E-state index is -0.317. The number of benzene rings is 2. The maximum Gasteiger partial charge on any atom is 0.229 e. The Morgan fingerprint density at radius 2 is 1.80 bits per heavy atom. The maximum atomic E-state index is 13.4. The van der Waals surface area contributed by atoms with Gasteiger partial charge in [-0.2, -0.15) is 5.10 Å². The highest BCUT2D eigenvalue weighted by atomic mass is 79.9. The number of amides is 1. The Labute approximate surface area is 181 Å². The summed E-state index contributed by atoms with van der Waals surface area (Å²) in [5, 5.41) is 7.61. The first-order valence-corrected chi connectivity index (χ1v) is 10.1. The number of hydrogen-bond acceptors (Lipinski definition) is 3. The summed E-state index contributed by atoms with van der Waals surface area (Å²) < 4.78 is 16.0. The quantitative estimate of drug-likeness (QED) is 0.439. The molecule has 7 heteroatoms. The van der Waals surface area contributed by atoms with Crippen LogP contribution in [0.3, 0.4) is 0 Å². The molecule has 0 unspecified atom stereocenters. The van der Waals surface area contributed by atoms with Gasteiger partial charge in [-0.3, -0.25) is 14.5 Å². The molecule has 30 heavy (non-hydrogen) atoms. The van der Waals surface area contributed by atoms with Crippen molar-refractivity contribution in [1.82, 2.24) is 14.8 Å². The number of carbonyl (C=O) groups is 1. The van der Waals surface area contributed by atoms with Crippen molar-refractivity contribution in [3.05, 3.63) is 88.9 Å². The average Bonchev–Trinajstić information content (AvgIpc) is 3.05. The highest BCUT2D eigenvalue weighted by Gasteiger charge is 2.21. The van der Waals surface area contributed by atoms with E-state index in [1.165, 1.54) is 12.1 Å². The van der Waals surface area contributed by atoms with Gasteiger partial charge in [-0.25, -0.2) is 4.39 Å². The molecule has 0 radical (unpaired) electrons. The molecule has 5 nitrogen and oxygen atoms in total. The molecule has 0 saturated carbocycles. The normalized spacial score (nSPS) is 10.8. The molecule has 0 aliphatic carbocycles. The number of rotatable bonds is 5. The van der Waals surface area contributed by atoms with Gasteiger partial charge in [0, 0.05) is 29.5 Å². The van der Waals surface area contributed by atoms with Gasteiger partial charge in [0.25, 0.3) is 0 Å². The highest BCUT2D eigenvalue weighted by Crippen LogP contribution is 2.37. The molecule has 4 rings (SSSR count). The standard InChI is InChI=1S/C23H18BrFN4O/c1-29-23(27-20(30)14-15-3-2-4-18(24)13-15)21(16-9-11-26-12-10-16)22(28-29)17-5-7-19(25)8-6-17/h2-13H,14H2,1H3,(H,27,30). The average molecular weight is 465 g/mol. The molecule has 2 heterocycles. The van der Waals surface area contributed by atoms with Crippen LogP contribution in [0.2, 0.25) is 0 Å². The fraction of sp³-hybridized carbons (Fsp3) is 0.0870. The Balaban J connectivity index is 1.73. The predicted octanol–water partition coefficient (Wildman–Crippen LogP) is 5.23. The number of aromatic nitrogens is 3. The molecule has 1 N–H and O–H groups in total. The van der Waals surface area contributed by atoms with Gasteiger partial charge in [-0.15, -0.1) is 0 Å². The molecule has 0 fully saturated rings. The zero-order valence-electron chi connectivity index (χ0n) is 16.1. The Morgan fingerprint density at radius 1 is 1.07 bits per heavy atom. The van der Waals surface area contributed by atoms with Crippen LogP contribution in [-0.2, 0) is 18.3 Å². The first-order chi connectivity index (χ1) is 14.5. The van der Waals surface area contributed by atoms with Crippen molar-refractivity contribution in [2.24, 2.45) is 7.05 Å². The van der Waals surface area contributed by atoms with Gasteiger partial charge in [0.05, 0.1) is 12.0 Å². The molecule has 0 atom stereocenters. The number of anilines is 1. The summed E-state index contributed by atoms with van der Waals surface area (Å²) in [4.78, 5) is 16.9. The molecule has 0 saturated heterocycles. The number of carbonyl (C=O) groups excluding carboxylic acids is 1. The second-order valence-corrected chi connectivity index (χ2v) is 7.71. The Morgan fingerprint density at radius 3 is 2.50 bits per heavy atom. The molecular weight excluding hydrogens is 447 g/mol. The molecule has 0 aliphatic rings. The molecular formula is C23H18BrFN4O. The summed E-state index contributed by atoms with van der Waals surface area (Å²) >= 11 is 3.43. The van der Waals surface area contributed by atoms with E-state index in [0.29, 0.717) is 11.5 Å². The van der Waals surface area contributed by atoms with Crippen LogP contribution in [0.15, 0.2) is 77.5 Å². The van der Waals surface area contributed by atoms with E-state index in [4.69, 9.17) is 0 Å². The van der Waals surface area contributed by atoms with Crippen LogP contribution in [0.25, 0.3) is 22.4 Å². The lowest BCUT2D eigenvalue weighted by molar-refractivity contribution is -0.115. The topological polar surface area (TPSA) is 59.8 Å². The summed E-state index contributed by atoms with van der Waals surface area (Å²) in [5.41, 5.74) is 3.92. The summed E-state index contributed by atoms with van der Waals surface area (Å²) in [6, 6.07) is 17.5. The van der Waals surface area contributed by atoms with E-state index in [1.54, 1.807) is 36.3 Å². The van der Waals surface area contributed by atoms with Crippen molar-refractivity contribution in [3.63, 3.8) is 0 Å². The number of pyridine rings is 1. The smallest absolute Gasteiger partial charge is 0.229 e. The third-order valence-electron chi connectivity index (χ3n) is 4.65. The second-order valence-electron chi connectivity index (χ2n) is 6.79. The summed E-state index contributed by atoms with van der Waals surface area (Å²) in [6.07, 6.45) is 3.60. The predicted molar refractivity (Wildman–Crippen MR) is 118 cm³/mol. The van der Waals surface area contributed by atoms with E-state index in [0.717, 1.165) is 26.7 Å². The summed E-state index contributed by atoms with van der Waals surface area (Å²) in [5.74, 6) is 0.0975. The van der Waals surface area contributed by atoms with E-state index in [9.17, 15) is 9.18 Å². The van der Waals surface area contributed by atoms with Gasteiger partial charge < -0.3 is 5.32 Å². The van der Waals surface area contributed by atoms with Crippen LogP contribution in [-0.4, -0.2) is 20.7 Å². The van der Waals surface area contributed by atoms with Gasteiger partial charge in [0.15, 0.2) is 0 Å². The first kappa shape index (κ1) is 20.0. The van der Waals surface area contributed by atoms with E-state index >= 15 is 0 Å². The summed E-state index contributed by atoms with van der Waals surface area (Å²) in [7, 11) is 1.77. The highest BCUT2D eigenvalue weighted by molar-refractivity contribution is 9.10. The zero-order chi connectivity index (χ0) is 21.1. The molecule has 0 aliphatic heterocycles. The van der Waals surface area contributed by atoms with Crippen molar-refractivity contribution in [2.75, 3.05) is 5.32 Å². The Kier molecular flexibility index (Phi) is 5.72. The number of nitrogens with one attached hydrogen (secondary N) is 1. The van der Waals surface area contributed by atoms with E-state index in [1.807, 2.05) is 36.4 Å². The van der Waals surface area contributed by atoms with Crippen LogP contribution < -0.4 is 5.32 Å². The monoisotopic (exact) mass is 464 g/mol. The van der Waals surface area contributed by atoms with Crippen LogP contribution in [0.1, 0.15) is 5.56 Å². The lowest BCUT2D eigenvalue weighted by Gasteiger charge is -2.10. The van der Waals surface area contributed by atoms with Gasteiger partial charge in [0.2, 0.25) is 5.91 Å². The van der Waals surface area contributed by atoms with Gasteiger partial charge in [0.1, 0.15) is 17.3 Å². The summed E-state index contributed by atoms with van der Waals surface area (Å²) in [6.45, 7) is 0. The maximum absolute atomic E-state index is 13.4. The van der Waals surface area contributed by atoms with Gasteiger partial charge >= 0.3 is 0 Å².